The standard InChI is InChI=1S/C18H21N5O/c1-13-5-7-14(8-6-13)18-21-20-17(24-18)12-23-9-3-4-16(23)15-10-19-22(2)11-15/h5-8,10-11,16H,3-4,9,12H2,1-2H3. The first kappa shape index (κ1) is 15.1. The topological polar surface area (TPSA) is 60.0 Å². The molecule has 0 spiro atoms. The van der Waals surface area contributed by atoms with E-state index in [1.807, 2.05) is 30.1 Å². The fourth-order valence-corrected chi connectivity index (χ4v) is 3.31. The maximum absolute atomic E-state index is 5.88. The average Bonchev–Trinajstić information content (AvgIpc) is 3.30. The third-order valence-corrected chi connectivity index (χ3v) is 4.58. The van der Waals surface area contributed by atoms with E-state index in [-0.39, 0.29) is 0 Å². The van der Waals surface area contributed by atoms with Gasteiger partial charge in [0.15, 0.2) is 0 Å². The predicted molar refractivity (Wildman–Crippen MR) is 90.1 cm³/mol. The van der Waals surface area contributed by atoms with Crippen molar-refractivity contribution >= 4 is 0 Å². The van der Waals surface area contributed by atoms with Crippen LogP contribution in [0.1, 0.15) is 35.9 Å². The van der Waals surface area contributed by atoms with Crippen LogP contribution in [0.5, 0.6) is 0 Å². The smallest absolute Gasteiger partial charge is 0.247 e. The van der Waals surface area contributed by atoms with Crippen LogP contribution in [-0.4, -0.2) is 31.4 Å². The van der Waals surface area contributed by atoms with E-state index < -0.39 is 0 Å². The Kier molecular flexibility index (Phi) is 3.90. The summed E-state index contributed by atoms with van der Waals surface area (Å²) in [7, 11) is 1.95. The molecule has 1 aromatic carbocycles. The third kappa shape index (κ3) is 2.97. The number of benzene rings is 1. The molecule has 3 aromatic rings. The van der Waals surface area contributed by atoms with Crippen molar-refractivity contribution < 1.29 is 4.42 Å². The van der Waals surface area contributed by atoms with E-state index in [1.165, 1.54) is 17.5 Å². The van der Waals surface area contributed by atoms with Crippen molar-refractivity contribution in [3.63, 3.8) is 0 Å². The Morgan fingerprint density at radius 2 is 2.04 bits per heavy atom. The molecule has 24 heavy (non-hydrogen) atoms. The van der Waals surface area contributed by atoms with E-state index in [4.69, 9.17) is 4.42 Å². The lowest BCUT2D eigenvalue weighted by molar-refractivity contribution is 0.224. The third-order valence-electron chi connectivity index (χ3n) is 4.58. The molecule has 0 N–H and O–H groups in total. The predicted octanol–water partition coefficient (Wildman–Crippen LogP) is 3.12. The lowest BCUT2D eigenvalue weighted by Gasteiger charge is -2.21. The molecule has 0 aliphatic carbocycles. The van der Waals surface area contributed by atoms with Gasteiger partial charge in [-0.25, -0.2) is 0 Å². The fraction of sp³-hybridized carbons (Fsp3) is 0.389. The van der Waals surface area contributed by atoms with Gasteiger partial charge in [-0.3, -0.25) is 9.58 Å². The van der Waals surface area contributed by atoms with E-state index in [2.05, 4.69) is 45.4 Å². The van der Waals surface area contributed by atoms with Crippen LogP contribution in [0, 0.1) is 6.92 Å². The Morgan fingerprint density at radius 3 is 2.79 bits per heavy atom. The highest BCUT2D eigenvalue weighted by atomic mass is 16.4. The monoisotopic (exact) mass is 323 g/mol. The molecule has 6 heteroatoms. The summed E-state index contributed by atoms with van der Waals surface area (Å²) in [4.78, 5) is 2.39. The molecule has 3 heterocycles. The van der Waals surface area contributed by atoms with E-state index in [9.17, 15) is 0 Å². The van der Waals surface area contributed by atoms with Crippen molar-refractivity contribution in [3.8, 4) is 11.5 Å². The van der Waals surface area contributed by atoms with Crippen molar-refractivity contribution in [2.24, 2.45) is 7.05 Å². The minimum atomic E-state index is 0.383. The molecule has 1 aliphatic rings. The van der Waals surface area contributed by atoms with Gasteiger partial charge in [-0.15, -0.1) is 10.2 Å². The Balaban J connectivity index is 1.50. The normalized spacial score (nSPS) is 18.3. The van der Waals surface area contributed by atoms with Gasteiger partial charge in [0, 0.05) is 30.4 Å². The van der Waals surface area contributed by atoms with E-state index in [1.54, 1.807) is 0 Å². The highest BCUT2D eigenvalue weighted by Gasteiger charge is 2.28. The number of hydrogen-bond donors (Lipinski definition) is 0. The quantitative estimate of drug-likeness (QED) is 0.738. The first-order valence-electron chi connectivity index (χ1n) is 8.31. The second kappa shape index (κ2) is 6.20. The fourth-order valence-electron chi connectivity index (χ4n) is 3.31. The molecular weight excluding hydrogens is 302 g/mol. The highest BCUT2D eigenvalue weighted by molar-refractivity contribution is 5.52. The van der Waals surface area contributed by atoms with Crippen LogP contribution in [0.4, 0.5) is 0 Å². The summed E-state index contributed by atoms with van der Waals surface area (Å²) in [5.74, 6) is 1.25. The Hall–Kier alpha value is -2.47. The van der Waals surface area contributed by atoms with Gasteiger partial charge in [-0.05, 0) is 38.4 Å². The van der Waals surface area contributed by atoms with Gasteiger partial charge < -0.3 is 4.42 Å². The van der Waals surface area contributed by atoms with Gasteiger partial charge in [0.2, 0.25) is 11.8 Å². The number of hydrogen-bond acceptors (Lipinski definition) is 5. The zero-order chi connectivity index (χ0) is 16.5. The molecule has 0 bridgehead atoms. The van der Waals surface area contributed by atoms with Crippen molar-refractivity contribution in [2.45, 2.75) is 32.4 Å². The van der Waals surface area contributed by atoms with Crippen molar-refractivity contribution in [1.82, 2.24) is 24.9 Å². The molecule has 1 unspecified atom stereocenters. The maximum atomic E-state index is 5.88. The van der Waals surface area contributed by atoms with Crippen LogP contribution in [0.25, 0.3) is 11.5 Å². The lowest BCUT2D eigenvalue weighted by Crippen LogP contribution is -2.22. The van der Waals surface area contributed by atoms with Gasteiger partial charge in [0.1, 0.15) is 0 Å². The second-order valence-electron chi connectivity index (χ2n) is 6.44. The van der Waals surface area contributed by atoms with E-state index >= 15 is 0 Å². The summed E-state index contributed by atoms with van der Waals surface area (Å²) in [6, 6.07) is 8.52. The summed E-state index contributed by atoms with van der Waals surface area (Å²) >= 11 is 0. The Bertz CT molecular complexity index is 820. The van der Waals surface area contributed by atoms with E-state index in [0.29, 0.717) is 24.4 Å². The SMILES string of the molecule is Cc1ccc(-c2nnc(CN3CCCC3c3cnn(C)c3)o2)cc1. The van der Waals surface area contributed by atoms with Crippen LogP contribution >= 0.6 is 0 Å². The summed E-state index contributed by atoms with van der Waals surface area (Å²) in [6.45, 7) is 3.79. The molecule has 0 radical (unpaired) electrons. The largest absolute Gasteiger partial charge is 0.419 e. The molecule has 1 fully saturated rings. The molecule has 124 valence electrons. The van der Waals surface area contributed by atoms with Gasteiger partial charge in [-0.2, -0.15) is 5.10 Å². The zero-order valence-electron chi connectivity index (χ0n) is 14.0. The van der Waals surface area contributed by atoms with Gasteiger partial charge in [-0.1, -0.05) is 17.7 Å². The minimum Gasteiger partial charge on any atom is -0.419 e. The molecule has 1 saturated heterocycles. The van der Waals surface area contributed by atoms with Crippen LogP contribution in [0.2, 0.25) is 0 Å². The minimum absolute atomic E-state index is 0.383. The Labute approximate surface area is 141 Å². The van der Waals surface area contributed by atoms with Crippen molar-refractivity contribution in [1.29, 1.82) is 0 Å². The molecule has 6 nitrogen and oxygen atoms in total. The summed E-state index contributed by atoms with van der Waals surface area (Å²) in [5, 5.41) is 12.7. The molecule has 4 rings (SSSR count). The molecule has 2 aromatic heterocycles. The Morgan fingerprint density at radius 1 is 1.21 bits per heavy atom. The van der Waals surface area contributed by atoms with Crippen LogP contribution in [-0.2, 0) is 13.6 Å². The van der Waals surface area contributed by atoms with Crippen LogP contribution < -0.4 is 0 Å². The van der Waals surface area contributed by atoms with Gasteiger partial charge >= 0.3 is 0 Å². The van der Waals surface area contributed by atoms with Crippen LogP contribution in [0.3, 0.4) is 0 Å². The first-order chi connectivity index (χ1) is 11.7. The number of nitrogens with zero attached hydrogens (tertiary/aromatic N) is 5. The summed E-state index contributed by atoms with van der Waals surface area (Å²) in [5.41, 5.74) is 3.44. The summed E-state index contributed by atoms with van der Waals surface area (Å²) < 4.78 is 7.73. The van der Waals surface area contributed by atoms with Gasteiger partial charge in [0.25, 0.3) is 0 Å². The molecular formula is C18H21N5O. The van der Waals surface area contributed by atoms with Crippen molar-refractivity contribution in [2.75, 3.05) is 6.54 Å². The van der Waals surface area contributed by atoms with Gasteiger partial charge in [0.05, 0.1) is 12.7 Å². The van der Waals surface area contributed by atoms with E-state index in [0.717, 1.165) is 18.5 Å². The molecule has 0 saturated carbocycles. The van der Waals surface area contributed by atoms with Crippen LogP contribution in [0.15, 0.2) is 41.1 Å². The lowest BCUT2D eigenvalue weighted by atomic mass is 10.1. The highest BCUT2D eigenvalue weighted by Crippen LogP contribution is 2.33. The first-order valence-corrected chi connectivity index (χ1v) is 8.31. The molecule has 1 atom stereocenters. The maximum Gasteiger partial charge on any atom is 0.247 e. The summed E-state index contributed by atoms with van der Waals surface area (Å²) in [6.07, 6.45) is 6.37. The zero-order valence-corrected chi connectivity index (χ0v) is 14.0. The van der Waals surface area contributed by atoms with Crippen molar-refractivity contribution in [3.05, 3.63) is 53.7 Å². The second-order valence-corrected chi connectivity index (χ2v) is 6.44. The molecule has 0 amide bonds. The number of aryl methyl sites for hydroxylation is 2. The number of aromatic nitrogens is 4. The molecule has 1 aliphatic heterocycles. The number of likely N-dealkylation sites (tertiary alicyclic amines) is 1. The average molecular weight is 323 g/mol. The number of rotatable bonds is 4.